The molecule has 15 heavy (non-hydrogen) atoms. The zero-order valence-corrected chi connectivity index (χ0v) is 9.61. The molecule has 0 fully saturated rings. The van der Waals surface area contributed by atoms with Gasteiger partial charge in [0.2, 0.25) is 0 Å². The molecule has 2 nitrogen and oxygen atoms in total. The van der Waals surface area contributed by atoms with Crippen molar-refractivity contribution in [2.45, 2.75) is 0 Å². The van der Waals surface area contributed by atoms with Crippen LogP contribution in [0.4, 0.5) is 0 Å². The van der Waals surface area contributed by atoms with Gasteiger partial charge in [-0.2, -0.15) is 0 Å². The standard InChI is InChI=1S/C11H10O2S2/c12-11(13)8-4-5-10(15-7-8)9-3-1-2-6-14-9/h1-5H,6-7H2,(H,12,13). The number of thioether (sulfide) groups is 2. The molecular weight excluding hydrogens is 228 g/mol. The van der Waals surface area contributed by atoms with Crippen molar-refractivity contribution in [1.82, 2.24) is 0 Å². The average molecular weight is 238 g/mol. The van der Waals surface area contributed by atoms with Gasteiger partial charge in [-0.15, -0.1) is 23.5 Å². The summed E-state index contributed by atoms with van der Waals surface area (Å²) in [5.41, 5.74) is 0.473. The highest BCUT2D eigenvalue weighted by molar-refractivity contribution is 8.08. The molecule has 4 heteroatoms. The molecule has 1 N–H and O–H groups in total. The fourth-order valence-corrected chi connectivity index (χ4v) is 3.30. The van der Waals surface area contributed by atoms with Gasteiger partial charge in [-0.1, -0.05) is 12.2 Å². The third kappa shape index (κ3) is 2.58. The van der Waals surface area contributed by atoms with Gasteiger partial charge in [0, 0.05) is 26.9 Å². The molecule has 0 aromatic carbocycles. The van der Waals surface area contributed by atoms with Gasteiger partial charge in [0.15, 0.2) is 0 Å². The molecular formula is C11H10O2S2. The van der Waals surface area contributed by atoms with Gasteiger partial charge in [0.05, 0.1) is 0 Å². The molecule has 0 aromatic heterocycles. The average Bonchev–Trinajstić information content (AvgIpc) is 2.30. The van der Waals surface area contributed by atoms with Crippen LogP contribution < -0.4 is 0 Å². The molecule has 0 radical (unpaired) electrons. The lowest BCUT2D eigenvalue weighted by atomic mass is 10.2. The van der Waals surface area contributed by atoms with Crippen molar-refractivity contribution in [2.24, 2.45) is 0 Å². The summed E-state index contributed by atoms with van der Waals surface area (Å²) in [6.07, 6.45) is 9.83. The Bertz CT molecular complexity index is 403. The highest BCUT2D eigenvalue weighted by atomic mass is 32.2. The summed E-state index contributed by atoms with van der Waals surface area (Å²) in [5, 5.41) is 8.79. The Balaban J connectivity index is 2.16. The van der Waals surface area contributed by atoms with Crippen LogP contribution in [0.25, 0.3) is 0 Å². The fourth-order valence-electron chi connectivity index (χ4n) is 1.26. The van der Waals surface area contributed by atoms with E-state index in [1.165, 1.54) is 9.81 Å². The van der Waals surface area contributed by atoms with Gasteiger partial charge in [0.25, 0.3) is 0 Å². The van der Waals surface area contributed by atoms with Crippen LogP contribution in [0.1, 0.15) is 0 Å². The third-order valence-corrected chi connectivity index (χ3v) is 4.33. The van der Waals surface area contributed by atoms with Crippen molar-refractivity contribution >= 4 is 29.5 Å². The van der Waals surface area contributed by atoms with E-state index in [9.17, 15) is 4.79 Å². The van der Waals surface area contributed by atoms with Crippen molar-refractivity contribution in [3.8, 4) is 0 Å². The molecule has 0 unspecified atom stereocenters. The maximum Gasteiger partial charge on any atom is 0.332 e. The van der Waals surface area contributed by atoms with Gasteiger partial charge in [-0.05, 0) is 18.2 Å². The van der Waals surface area contributed by atoms with Crippen molar-refractivity contribution in [3.63, 3.8) is 0 Å². The molecule has 2 rings (SSSR count). The molecule has 2 heterocycles. The van der Waals surface area contributed by atoms with E-state index in [0.29, 0.717) is 11.3 Å². The van der Waals surface area contributed by atoms with Crippen LogP contribution >= 0.6 is 23.5 Å². The number of carboxylic acid groups (broad SMARTS) is 1. The van der Waals surface area contributed by atoms with E-state index >= 15 is 0 Å². The molecule has 0 atom stereocenters. The summed E-state index contributed by atoms with van der Waals surface area (Å²) in [4.78, 5) is 13.1. The van der Waals surface area contributed by atoms with Crippen molar-refractivity contribution in [3.05, 3.63) is 45.8 Å². The van der Waals surface area contributed by atoms with Crippen molar-refractivity contribution in [2.75, 3.05) is 11.5 Å². The van der Waals surface area contributed by atoms with Gasteiger partial charge in [0.1, 0.15) is 0 Å². The largest absolute Gasteiger partial charge is 0.478 e. The summed E-state index contributed by atoms with van der Waals surface area (Å²) in [7, 11) is 0. The topological polar surface area (TPSA) is 37.3 Å². The molecule has 2 aliphatic rings. The summed E-state index contributed by atoms with van der Waals surface area (Å²) < 4.78 is 0. The number of carbonyl (C=O) groups is 1. The highest BCUT2D eigenvalue weighted by Crippen LogP contribution is 2.37. The minimum atomic E-state index is -0.817. The van der Waals surface area contributed by atoms with E-state index in [0.717, 1.165) is 5.75 Å². The SMILES string of the molecule is O=C(O)C1=CC=C(C2=CC=CCS2)SC1. The number of allylic oxidation sites excluding steroid dienone is 4. The second kappa shape index (κ2) is 4.77. The maximum atomic E-state index is 10.7. The van der Waals surface area contributed by atoms with Crippen molar-refractivity contribution < 1.29 is 9.90 Å². The smallest absolute Gasteiger partial charge is 0.332 e. The predicted molar refractivity (Wildman–Crippen MR) is 65.9 cm³/mol. The molecule has 0 aliphatic carbocycles. The first-order chi connectivity index (χ1) is 7.27. The van der Waals surface area contributed by atoms with Crippen LogP contribution in [0, 0.1) is 0 Å². The van der Waals surface area contributed by atoms with Crippen molar-refractivity contribution in [1.29, 1.82) is 0 Å². The Morgan fingerprint density at radius 1 is 1.20 bits per heavy atom. The molecule has 0 amide bonds. The molecule has 0 spiro atoms. The Labute approximate surface area is 96.8 Å². The molecule has 2 aliphatic heterocycles. The second-order valence-electron chi connectivity index (χ2n) is 3.09. The van der Waals surface area contributed by atoms with Crippen LogP contribution in [-0.2, 0) is 4.79 Å². The Morgan fingerprint density at radius 2 is 2.00 bits per heavy atom. The molecule has 0 aromatic rings. The number of aliphatic carboxylic acids is 1. The van der Waals surface area contributed by atoms with E-state index in [-0.39, 0.29) is 0 Å². The first-order valence-corrected chi connectivity index (χ1v) is 6.51. The second-order valence-corrected chi connectivity index (χ2v) is 5.17. The Kier molecular flexibility index (Phi) is 3.38. The molecule has 0 saturated heterocycles. The summed E-state index contributed by atoms with van der Waals surface area (Å²) in [6.45, 7) is 0. The monoisotopic (exact) mass is 238 g/mol. The first-order valence-electron chi connectivity index (χ1n) is 4.54. The lowest BCUT2D eigenvalue weighted by Gasteiger charge is -2.15. The summed E-state index contributed by atoms with van der Waals surface area (Å²) in [5.74, 6) is 0.741. The van der Waals surface area contributed by atoms with Gasteiger partial charge >= 0.3 is 5.97 Å². The zero-order valence-electron chi connectivity index (χ0n) is 7.97. The summed E-state index contributed by atoms with van der Waals surface area (Å²) in [6, 6.07) is 0. The van der Waals surface area contributed by atoms with Crippen LogP contribution in [0.5, 0.6) is 0 Å². The Morgan fingerprint density at radius 3 is 2.53 bits per heavy atom. The van der Waals surface area contributed by atoms with Crippen LogP contribution in [-0.4, -0.2) is 22.6 Å². The maximum absolute atomic E-state index is 10.7. The highest BCUT2D eigenvalue weighted by Gasteiger charge is 2.15. The number of hydrogen-bond acceptors (Lipinski definition) is 3. The quantitative estimate of drug-likeness (QED) is 0.802. The molecule has 0 bridgehead atoms. The zero-order chi connectivity index (χ0) is 10.7. The lowest BCUT2D eigenvalue weighted by Crippen LogP contribution is -2.05. The van der Waals surface area contributed by atoms with Gasteiger partial charge < -0.3 is 5.11 Å². The van der Waals surface area contributed by atoms with E-state index in [1.807, 2.05) is 12.2 Å². The number of rotatable bonds is 2. The van der Waals surface area contributed by atoms with E-state index in [4.69, 9.17) is 5.11 Å². The molecule has 0 saturated carbocycles. The lowest BCUT2D eigenvalue weighted by molar-refractivity contribution is -0.132. The van der Waals surface area contributed by atoms with Crippen LogP contribution in [0.3, 0.4) is 0 Å². The van der Waals surface area contributed by atoms with Crippen LogP contribution in [0.15, 0.2) is 45.8 Å². The van der Waals surface area contributed by atoms with E-state index in [2.05, 4.69) is 12.2 Å². The van der Waals surface area contributed by atoms with Crippen LogP contribution in [0.2, 0.25) is 0 Å². The number of carboxylic acids is 1. The normalized spacial score (nSPS) is 20.4. The number of hydrogen-bond donors (Lipinski definition) is 1. The summed E-state index contributed by atoms with van der Waals surface area (Å²) >= 11 is 3.38. The fraction of sp³-hybridized carbons (Fsp3) is 0.182. The Hall–Kier alpha value is -0.870. The van der Waals surface area contributed by atoms with E-state index < -0.39 is 5.97 Å². The minimum Gasteiger partial charge on any atom is -0.478 e. The van der Waals surface area contributed by atoms with E-state index in [1.54, 1.807) is 29.6 Å². The first kappa shape index (κ1) is 10.6. The predicted octanol–water partition coefficient (Wildman–Crippen LogP) is 2.82. The van der Waals surface area contributed by atoms with Gasteiger partial charge in [-0.3, -0.25) is 0 Å². The minimum absolute atomic E-state index is 0.473. The van der Waals surface area contributed by atoms with Gasteiger partial charge in [-0.25, -0.2) is 4.79 Å². The molecule has 78 valence electrons. The third-order valence-electron chi connectivity index (χ3n) is 2.06.